The van der Waals surface area contributed by atoms with E-state index in [4.69, 9.17) is 0 Å². The number of urea groups is 1. The zero-order valence-electron chi connectivity index (χ0n) is 23.2. The van der Waals surface area contributed by atoms with E-state index in [0.717, 1.165) is 53.4 Å². The van der Waals surface area contributed by atoms with Crippen LogP contribution in [0.25, 0.3) is 21.7 Å². The number of ether oxygens (including phenoxy) is 1. The highest BCUT2D eigenvalue weighted by Crippen LogP contribution is 2.53. The second kappa shape index (κ2) is 11.1. The molecule has 1 aliphatic carbocycles. The van der Waals surface area contributed by atoms with Gasteiger partial charge in [0.25, 0.3) is 5.91 Å². The van der Waals surface area contributed by atoms with E-state index in [1.54, 1.807) is 0 Å². The Labute approximate surface area is 261 Å². The van der Waals surface area contributed by atoms with Gasteiger partial charge in [-0.2, -0.15) is 13.2 Å². The number of phenolic OH excluding ortho intramolecular Hbond substituents is 1. The van der Waals surface area contributed by atoms with Gasteiger partial charge in [-0.15, -0.1) is 23.4 Å². The molecule has 8 nitrogen and oxygen atoms in total. The van der Waals surface area contributed by atoms with Gasteiger partial charge in [-0.3, -0.25) is 4.79 Å². The summed E-state index contributed by atoms with van der Waals surface area (Å²) in [6.07, 6.45) is -10.3. The van der Waals surface area contributed by atoms with Crippen molar-refractivity contribution in [3.8, 4) is 33.2 Å². The average molecular weight is 689 g/mol. The second-order valence-electron chi connectivity index (χ2n) is 10.6. The van der Waals surface area contributed by atoms with Crippen molar-refractivity contribution in [3.63, 3.8) is 0 Å². The summed E-state index contributed by atoms with van der Waals surface area (Å²) in [6, 6.07) is 3.93. The minimum Gasteiger partial charge on any atom is -0.503 e. The Morgan fingerprint density at radius 2 is 1.55 bits per heavy atom. The number of aromatic hydroxyl groups is 1. The molecule has 2 heterocycles. The fourth-order valence-electron chi connectivity index (χ4n) is 5.30. The number of alkyl halides is 6. The van der Waals surface area contributed by atoms with Gasteiger partial charge in [-0.05, 0) is 54.3 Å². The summed E-state index contributed by atoms with van der Waals surface area (Å²) in [6.45, 7) is -0.520. The first kappa shape index (κ1) is 32.1. The molecular weight excluding hydrogens is 671 g/mol. The van der Waals surface area contributed by atoms with Crippen LogP contribution in [0.15, 0.2) is 54.6 Å². The molecule has 6 rings (SSSR count). The summed E-state index contributed by atoms with van der Waals surface area (Å²) in [5, 5.41) is 16.9. The van der Waals surface area contributed by atoms with Crippen molar-refractivity contribution in [1.29, 1.82) is 0 Å². The molecule has 2 fully saturated rings. The lowest BCUT2D eigenvalue weighted by Gasteiger charge is -2.29. The largest absolute Gasteiger partial charge is 0.573 e. The first-order valence-corrected chi connectivity index (χ1v) is 14.2. The van der Waals surface area contributed by atoms with E-state index in [9.17, 15) is 49.8 Å². The normalized spacial score (nSPS) is 16.7. The Morgan fingerprint density at radius 3 is 2.15 bits per heavy atom. The molecule has 4 aromatic rings. The first-order chi connectivity index (χ1) is 22.0. The zero-order valence-corrected chi connectivity index (χ0v) is 24.0. The van der Waals surface area contributed by atoms with Gasteiger partial charge in [0, 0.05) is 5.56 Å². The highest BCUT2D eigenvalue weighted by atomic mass is 32.1. The number of nitrogens with zero attached hydrogens (tertiary/aromatic N) is 4. The number of imide groups is 1. The zero-order chi connectivity index (χ0) is 34.1. The lowest BCUT2D eigenvalue weighted by molar-refractivity contribution is -0.274. The maximum absolute atomic E-state index is 15.4. The molecule has 1 spiro atoms. The summed E-state index contributed by atoms with van der Waals surface area (Å²) in [5.74, 6) is -7.06. The number of benzene rings is 3. The van der Waals surface area contributed by atoms with Crippen LogP contribution in [0, 0.1) is 17.5 Å². The van der Waals surface area contributed by atoms with Gasteiger partial charge in [-0.25, -0.2) is 22.9 Å². The van der Waals surface area contributed by atoms with Crippen molar-refractivity contribution in [1.82, 2.24) is 20.0 Å². The number of halogens is 9. The summed E-state index contributed by atoms with van der Waals surface area (Å²) < 4.78 is 128. The molecule has 1 saturated heterocycles. The molecule has 0 bridgehead atoms. The maximum atomic E-state index is 15.4. The molecule has 3 aromatic carbocycles. The Hall–Kier alpha value is -4.87. The van der Waals surface area contributed by atoms with Gasteiger partial charge in [0.2, 0.25) is 0 Å². The van der Waals surface area contributed by atoms with E-state index in [1.165, 1.54) is 0 Å². The van der Waals surface area contributed by atoms with Crippen LogP contribution in [0.3, 0.4) is 0 Å². The lowest BCUT2D eigenvalue weighted by atomic mass is 9.98. The topological polar surface area (TPSA) is 95.9 Å². The molecule has 1 saturated carbocycles. The monoisotopic (exact) mass is 688 g/mol. The SMILES string of the molecule is O=C1N(C(c2ccc(-c3ccc(OC(F)(F)F)cc3)cc2F)C(F)(F)F)C(=O)C2(CC2)N1Cc1nnc(-c2ccc(F)c(O)c2F)s1. The van der Waals surface area contributed by atoms with Crippen molar-refractivity contribution >= 4 is 23.3 Å². The molecule has 0 radical (unpaired) electrons. The van der Waals surface area contributed by atoms with Gasteiger partial charge in [-0.1, -0.05) is 35.6 Å². The maximum Gasteiger partial charge on any atom is 0.573 e. The summed E-state index contributed by atoms with van der Waals surface area (Å²) in [7, 11) is 0. The summed E-state index contributed by atoms with van der Waals surface area (Å²) in [4.78, 5) is 27.7. The minimum absolute atomic E-state index is 0.000241. The Balaban J connectivity index is 1.28. The van der Waals surface area contributed by atoms with Crippen LogP contribution >= 0.6 is 11.3 Å². The van der Waals surface area contributed by atoms with Crippen LogP contribution in [0.1, 0.15) is 29.5 Å². The first-order valence-electron chi connectivity index (χ1n) is 13.4. The number of rotatable bonds is 7. The molecule has 47 heavy (non-hydrogen) atoms. The Morgan fingerprint density at radius 1 is 0.894 bits per heavy atom. The summed E-state index contributed by atoms with van der Waals surface area (Å²) in [5.41, 5.74) is -2.92. The van der Waals surface area contributed by atoms with Gasteiger partial charge >= 0.3 is 18.6 Å². The number of carbonyl (C=O) groups excluding carboxylic acids is 2. The molecule has 1 atom stereocenters. The van der Waals surface area contributed by atoms with Crippen LogP contribution in [0.4, 0.5) is 44.3 Å². The van der Waals surface area contributed by atoms with Gasteiger partial charge in [0.15, 0.2) is 28.4 Å². The van der Waals surface area contributed by atoms with Crippen molar-refractivity contribution in [2.75, 3.05) is 0 Å². The Bertz CT molecular complexity index is 1890. The standard InChI is InChI=1S/C29H17F9N4O4S/c30-18-8-7-17(21(32)22(18)43)24-40-39-20(47-24)12-41-26(45)42(25(44)27(41)9-10-27)23(28(33,34)35)16-6-3-14(11-19(16)31)13-1-4-15(5-2-13)46-29(36,37)38/h1-8,11,23,43H,9-10,12H2. The molecule has 1 N–H and O–H groups in total. The quantitative estimate of drug-likeness (QED) is 0.160. The van der Waals surface area contributed by atoms with E-state index < -0.39 is 77.1 Å². The summed E-state index contributed by atoms with van der Waals surface area (Å²) >= 11 is 0.685. The van der Waals surface area contributed by atoms with Gasteiger partial charge in [0.1, 0.15) is 22.1 Å². The van der Waals surface area contributed by atoms with E-state index in [-0.39, 0.29) is 44.4 Å². The average Bonchev–Trinajstić information content (AvgIpc) is 3.62. The van der Waals surface area contributed by atoms with E-state index in [1.807, 2.05) is 0 Å². The molecule has 246 valence electrons. The van der Waals surface area contributed by atoms with Crippen LogP contribution in [0.2, 0.25) is 0 Å². The molecule has 18 heteroatoms. The van der Waals surface area contributed by atoms with Crippen LogP contribution < -0.4 is 4.74 Å². The van der Waals surface area contributed by atoms with Crippen LogP contribution in [-0.2, 0) is 11.3 Å². The fraction of sp³-hybridized carbons (Fsp3) is 0.241. The second-order valence-corrected chi connectivity index (χ2v) is 11.6. The van der Waals surface area contributed by atoms with Crippen molar-refractivity contribution in [2.24, 2.45) is 0 Å². The Kier molecular flexibility index (Phi) is 7.60. The van der Waals surface area contributed by atoms with Crippen molar-refractivity contribution < 1.29 is 58.9 Å². The highest BCUT2D eigenvalue weighted by Gasteiger charge is 2.68. The van der Waals surface area contributed by atoms with Crippen LogP contribution in [0.5, 0.6) is 11.5 Å². The number of amides is 3. The number of carbonyl (C=O) groups is 2. The van der Waals surface area contributed by atoms with E-state index in [2.05, 4.69) is 14.9 Å². The predicted molar refractivity (Wildman–Crippen MR) is 144 cm³/mol. The third kappa shape index (κ3) is 5.81. The fourth-order valence-corrected chi connectivity index (χ4v) is 6.14. The van der Waals surface area contributed by atoms with Gasteiger partial charge in [0.05, 0.1) is 12.1 Å². The van der Waals surface area contributed by atoms with Crippen LogP contribution in [-0.4, -0.2) is 55.1 Å². The predicted octanol–water partition coefficient (Wildman–Crippen LogP) is 7.49. The van der Waals surface area contributed by atoms with Gasteiger partial charge < -0.3 is 14.7 Å². The van der Waals surface area contributed by atoms with Crippen molar-refractivity contribution in [2.45, 2.75) is 43.5 Å². The van der Waals surface area contributed by atoms with Crippen molar-refractivity contribution in [3.05, 3.63) is 82.6 Å². The number of phenols is 1. The number of hydrogen-bond acceptors (Lipinski definition) is 7. The molecule has 1 aliphatic heterocycles. The van der Waals surface area contributed by atoms with E-state index in [0.29, 0.717) is 17.4 Å². The van der Waals surface area contributed by atoms with E-state index >= 15 is 4.39 Å². The molecule has 3 amide bonds. The molecule has 1 aromatic heterocycles. The minimum atomic E-state index is -5.34. The third-order valence-electron chi connectivity index (χ3n) is 7.64. The number of hydrogen-bond donors (Lipinski definition) is 1. The third-order valence-corrected chi connectivity index (χ3v) is 8.58. The smallest absolute Gasteiger partial charge is 0.503 e. The molecule has 1 unspecified atom stereocenters. The number of aromatic nitrogens is 2. The highest BCUT2D eigenvalue weighted by molar-refractivity contribution is 7.14. The molecule has 2 aliphatic rings. The lowest BCUT2D eigenvalue weighted by Crippen LogP contribution is -2.43. The molecular formula is C29H17F9N4O4S.